The fourth-order valence-corrected chi connectivity index (χ4v) is 5.08. The molecule has 1 unspecified atom stereocenters. The molecule has 1 aliphatic carbocycles. The third-order valence-electron chi connectivity index (χ3n) is 5.55. The van der Waals surface area contributed by atoms with Crippen LogP contribution in [0.1, 0.15) is 36.0 Å². The summed E-state index contributed by atoms with van der Waals surface area (Å²) in [6.07, 6.45) is 2.24. The van der Waals surface area contributed by atoms with Gasteiger partial charge in [0.25, 0.3) is 12.3 Å². The van der Waals surface area contributed by atoms with Crippen LogP contribution < -0.4 is 11.1 Å². The van der Waals surface area contributed by atoms with E-state index in [1.807, 2.05) is 6.92 Å². The summed E-state index contributed by atoms with van der Waals surface area (Å²) in [7, 11) is 0. The predicted octanol–water partition coefficient (Wildman–Crippen LogP) is 2.53. The summed E-state index contributed by atoms with van der Waals surface area (Å²) in [6, 6.07) is -0.527. The first kappa shape index (κ1) is 20.9. The van der Waals surface area contributed by atoms with Crippen molar-refractivity contribution in [3.63, 3.8) is 0 Å². The zero-order valence-electron chi connectivity index (χ0n) is 16.0. The first-order valence-electron chi connectivity index (χ1n) is 9.39. The molecule has 4 atom stereocenters. The molecule has 1 amide bonds. The number of nitrogens with two attached hydrogens (primary N) is 1. The molecule has 3 N–H and O–H groups in total. The zero-order chi connectivity index (χ0) is 21.5. The van der Waals surface area contributed by atoms with E-state index in [1.165, 1.54) is 17.8 Å². The van der Waals surface area contributed by atoms with E-state index in [0.29, 0.717) is 16.5 Å². The van der Waals surface area contributed by atoms with Crippen molar-refractivity contribution < 1.29 is 22.7 Å². The Balaban J connectivity index is 1.58. The predicted molar refractivity (Wildman–Crippen MR) is 106 cm³/mol. The van der Waals surface area contributed by atoms with Crippen molar-refractivity contribution in [1.82, 2.24) is 15.3 Å². The van der Waals surface area contributed by atoms with Gasteiger partial charge in [0.15, 0.2) is 5.17 Å². The standard InChI is InChI=1S/C19H20F3N5O2S/c1-9-12-7-30-18(23)27-19(12,8-29-9)11-4-10(2-3-13(11)20)26-17(28)15-6-24-14(5-25-15)16(21)22/h3-6,9-10,12,16H,2,7-8H2,1H3,(H2,23,27)(H,26,28)/t9-,10?,12-,19-/m1/s1. The highest BCUT2D eigenvalue weighted by Crippen LogP contribution is 2.48. The molecular formula is C19H20F3N5O2S. The molecule has 2 aliphatic heterocycles. The molecule has 0 radical (unpaired) electrons. The minimum absolute atomic E-state index is 0.0533. The van der Waals surface area contributed by atoms with E-state index in [1.54, 1.807) is 6.08 Å². The Hall–Kier alpha value is -2.40. The topological polar surface area (TPSA) is 102 Å². The van der Waals surface area contributed by atoms with Crippen molar-refractivity contribution in [2.75, 3.05) is 12.4 Å². The Morgan fingerprint density at radius 2 is 2.20 bits per heavy atom. The average molecular weight is 439 g/mol. The van der Waals surface area contributed by atoms with Crippen molar-refractivity contribution in [2.24, 2.45) is 16.6 Å². The van der Waals surface area contributed by atoms with Crippen molar-refractivity contribution in [3.8, 4) is 0 Å². The quantitative estimate of drug-likeness (QED) is 0.748. The molecule has 11 heteroatoms. The molecule has 0 aromatic carbocycles. The number of alkyl halides is 2. The number of aliphatic imine (C=N–C) groups is 1. The maximum atomic E-state index is 14.9. The van der Waals surface area contributed by atoms with Crippen molar-refractivity contribution >= 4 is 22.8 Å². The van der Waals surface area contributed by atoms with Gasteiger partial charge < -0.3 is 15.8 Å². The summed E-state index contributed by atoms with van der Waals surface area (Å²) in [5.41, 5.74) is 4.74. The normalized spacial score (nSPS) is 31.0. The maximum Gasteiger partial charge on any atom is 0.281 e. The molecular weight excluding hydrogens is 419 g/mol. The highest BCUT2D eigenvalue weighted by atomic mass is 32.2. The van der Waals surface area contributed by atoms with Crippen LogP contribution in [0.3, 0.4) is 0 Å². The molecule has 0 saturated carbocycles. The van der Waals surface area contributed by atoms with Crippen LogP contribution in [0.25, 0.3) is 0 Å². The summed E-state index contributed by atoms with van der Waals surface area (Å²) in [5.74, 6) is -0.397. The Kier molecular flexibility index (Phi) is 5.58. The summed E-state index contributed by atoms with van der Waals surface area (Å²) >= 11 is 1.41. The van der Waals surface area contributed by atoms with Gasteiger partial charge >= 0.3 is 0 Å². The second kappa shape index (κ2) is 8.03. The highest BCUT2D eigenvalue weighted by molar-refractivity contribution is 8.13. The fourth-order valence-electron chi connectivity index (χ4n) is 3.95. The van der Waals surface area contributed by atoms with Gasteiger partial charge in [0.1, 0.15) is 22.8 Å². The van der Waals surface area contributed by atoms with Crippen molar-refractivity contribution in [2.45, 2.75) is 37.5 Å². The Morgan fingerprint density at radius 1 is 1.40 bits per heavy atom. The second-order valence-electron chi connectivity index (χ2n) is 7.38. The van der Waals surface area contributed by atoms with Crippen LogP contribution in [0, 0.1) is 5.92 Å². The van der Waals surface area contributed by atoms with E-state index in [2.05, 4.69) is 20.3 Å². The lowest BCUT2D eigenvalue weighted by atomic mass is 9.76. The average Bonchev–Trinajstić information content (AvgIpc) is 3.06. The first-order chi connectivity index (χ1) is 14.3. The highest BCUT2D eigenvalue weighted by Gasteiger charge is 2.54. The number of carbonyl (C=O) groups is 1. The SMILES string of the molecule is C[C@H]1OC[C@]2(C3=CC(NC(=O)c4cnc(C(F)F)cn4)CC=C3F)N=C(N)SC[C@H]12. The van der Waals surface area contributed by atoms with Crippen LogP contribution in [0.2, 0.25) is 0 Å². The molecule has 160 valence electrons. The summed E-state index contributed by atoms with van der Waals surface area (Å²) < 4.78 is 45.9. The van der Waals surface area contributed by atoms with E-state index in [4.69, 9.17) is 10.5 Å². The number of hydrogen-bond donors (Lipinski definition) is 2. The molecule has 1 aromatic heterocycles. The van der Waals surface area contributed by atoms with Gasteiger partial charge in [-0.2, -0.15) is 0 Å². The van der Waals surface area contributed by atoms with Gasteiger partial charge in [-0.3, -0.25) is 9.78 Å². The Bertz CT molecular complexity index is 937. The molecule has 1 saturated heterocycles. The number of thioether (sulfide) groups is 1. The van der Waals surface area contributed by atoms with Gasteiger partial charge in [0, 0.05) is 17.2 Å². The fraction of sp³-hybridized carbons (Fsp3) is 0.474. The third kappa shape index (κ3) is 3.71. The first-order valence-corrected chi connectivity index (χ1v) is 10.4. The number of nitrogens with one attached hydrogen (secondary N) is 1. The zero-order valence-corrected chi connectivity index (χ0v) is 16.8. The number of carbonyl (C=O) groups excluding carboxylic acids is 1. The third-order valence-corrected chi connectivity index (χ3v) is 6.47. The molecule has 4 rings (SSSR count). The minimum atomic E-state index is -2.77. The van der Waals surface area contributed by atoms with Gasteiger partial charge in [-0.1, -0.05) is 17.8 Å². The van der Waals surface area contributed by atoms with Crippen LogP contribution in [-0.2, 0) is 4.74 Å². The molecule has 1 fully saturated rings. The van der Waals surface area contributed by atoms with Crippen molar-refractivity contribution in [3.05, 3.63) is 47.3 Å². The second-order valence-corrected chi connectivity index (χ2v) is 8.42. The van der Waals surface area contributed by atoms with Crippen LogP contribution in [-0.4, -0.2) is 51.1 Å². The molecule has 3 heterocycles. The van der Waals surface area contributed by atoms with E-state index in [0.717, 1.165) is 12.4 Å². The number of amides is 1. The van der Waals surface area contributed by atoms with Crippen LogP contribution >= 0.6 is 11.8 Å². The van der Waals surface area contributed by atoms with Gasteiger partial charge in [0.05, 0.1) is 31.1 Å². The monoisotopic (exact) mass is 439 g/mol. The number of hydrogen-bond acceptors (Lipinski definition) is 7. The lowest BCUT2D eigenvalue weighted by Crippen LogP contribution is -2.47. The lowest BCUT2D eigenvalue weighted by Gasteiger charge is -2.38. The minimum Gasteiger partial charge on any atom is -0.379 e. The smallest absolute Gasteiger partial charge is 0.281 e. The lowest BCUT2D eigenvalue weighted by molar-refractivity contribution is 0.0937. The van der Waals surface area contributed by atoms with Crippen LogP contribution in [0.5, 0.6) is 0 Å². The molecule has 1 aromatic rings. The summed E-state index contributed by atoms with van der Waals surface area (Å²) in [6.45, 7) is 2.13. The van der Waals surface area contributed by atoms with E-state index in [9.17, 15) is 18.0 Å². The van der Waals surface area contributed by atoms with Crippen LogP contribution in [0.15, 0.2) is 40.9 Å². The van der Waals surface area contributed by atoms with Gasteiger partial charge in [-0.05, 0) is 19.4 Å². The van der Waals surface area contributed by atoms with E-state index >= 15 is 0 Å². The number of halogens is 3. The number of amidine groups is 1. The Labute approximate surface area is 175 Å². The van der Waals surface area contributed by atoms with E-state index in [-0.39, 0.29) is 30.7 Å². The van der Waals surface area contributed by atoms with Gasteiger partial charge in [-0.15, -0.1) is 0 Å². The van der Waals surface area contributed by atoms with E-state index < -0.39 is 35.4 Å². The maximum absolute atomic E-state index is 14.9. The van der Waals surface area contributed by atoms with Crippen molar-refractivity contribution in [1.29, 1.82) is 0 Å². The number of rotatable bonds is 4. The summed E-state index contributed by atoms with van der Waals surface area (Å²) in [4.78, 5) is 24.3. The molecule has 0 bridgehead atoms. The number of aromatic nitrogens is 2. The van der Waals surface area contributed by atoms with Crippen LogP contribution in [0.4, 0.5) is 13.2 Å². The number of ether oxygens (including phenoxy) is 1. The molecule has 7 nitrogen and oxygen atoms in total. The largest absolute Gasteiger partial charge is 0.379 e. The van der Waals surface area contributed by atoms with Gasteiger partial charge in [-0.25, -0.2) is 23.1 Å². The Morgan fingerprint density at radius 3 is 2.90 bits per heavy atom. The molecule has 30 heavy (non-hydrogen) atoms. The number of fused-ring (bicyclic) bond motifs is 1. The number of nitrogens with zero attached hydrogens (tertiary/aromatic N) is 3. The summed E-state index contributed by atoms with van der Waals surface area (Å²) in [5, 5.41) is 3.10. The van der Waals surface area contributed by atoms with Gasteiger partial charge in [0.2, 0.25) is 0 Å². The molecule has 3 aliphatic rings. The molecule has 0 spiro atoms.